The summed E-state index contributed by atoms with van der Waals surface area (Å²) < 4.78 is 1.16. The van der Waals surface area contributed by atoms with Crippen molar-refractivity contribution in [1.29, 1.82) is 0 Å². The van der Waals surface area contributed by atoms with Gasteiger partial charge in [0.2, 0.25) is 0 Å². The van der Waals surface area contributed by atoms with Gasteiger partial charge < -0.3 is 86.5 Å². The first kappa shape index (κ1) is 32.5. The van der Waals surface area contributed by atoms with E-state index in [0.29, 0.717) is 8.64 Å². The second-order valence-corrected chi connectivity index (χ2v) is 4.94. The Morgan fingerprint density at radius 3 is 0.895 bits per heavy atom. The zero-order valence-corrected chi connectivity index (χ0v) is 18.5. The Morgan fingerprint density at radius 2 is 0.895 bits per heavy atom. The Labute approximate surface area is 168 Å². The predicted octanol–water partition coefficient (Wildman–Crippen LogP) is 2.31. The van der Waals surface area contributed by atoms with Crippen molar-refractivity contribution in [3.8, 4) is 0 Å². The van der Waals surface area contributed by atoms with Crippen molar-refractivity contribution in [2.24, 2.45) is 0 Å². The first-order valence-electron chi connectivity index (χ1n) is 5.36. The van der Waals surface area contributed by atoms with Crippen molar-refractivity contribution in [3.63, 3.8) is 0 Å². The van der Waals surface area contributed by atoms with Crippen LogP contribution in [0, 0.1) is 0 Å². The molecule has 0 spiro atoms. The van der Waals surface area contributed by atoms with E-state index >= 15 is 0 Å². The molecule has 118 valence electrons. The third-order valence-electron chi connectivity index (χ3n) is 2.04. The first-order chi connectivity index (χ1) is 7.44. The Morgan fingerprint density at radius 1 is 0.737 bits per heavy atom. The van der Waals surface area contributed by atoms with E-state index in [1.165, 1.54) is 0 Å². The van der Waals surface area contributed by atoms with Gasteiger partial charge in [0.05, 0.1) is 0 Å². The summed E-state index contributed by atoms with van der Waals surface area (Å²) in [5, 5.41) is 0. The summed E-state index contributed by atoms with van der Waals surface area (Å²) in [6, 6.07) is 0. The van der Waals surface area contributed by atoms with Gasteiger partial charge in [0.25, 0.3) is 0 Å². The Bertz CT molecular complexity index is 188. The molecule has 0 unspecified atom stereocenters. The minimum absolute atomic E-state index is 0. The summed E-state index contributed by atoms with van der Waals surface area (Å²) in [7, 11) is 0. The molecule has 0 aliphatic rings. The summed E-state index contributed by atoms with van der Waals surface area (Å²) in [6.45, 7) is 11.9. The van der Waals surface area contributed by atoms with E-state index in [1.807, 2.05) is 37.5 Å². The van der Waals surface area contributed by atoms with Gasteiger partial charge in [-0.05, 0) is 27.7 Å². The summed E-state index contributed by atoms with van der Waals surface area (Å²) in [6.07, 6.45) is 0. The Hall–Kier alpha value is 1.61. The molecule has 0 radical (unpaired) electrons. The molecule has 0 aliphatic carbocycles. The summed E-state index contributed by atoms with van der Waals surface area (Å²) in [5.74, 6) is 0. The van der Waals surface area contributed by atoms with Crippen molar-refractivity contribution in [2.45, 2.75) is 27.7 Å². The number of nitrogens with zero attached hydrogens (tertiary/aromatic N) is 2. The van der Waals surface area contributed by atoms with Crippen LogP contribution in [0.1, 0.15) is 27.7 Å². The Balaban J connectivity index is -0.0000000594. The molecule has 0 aromatic heterocycles. The molecule has 2 nitrogen and oxygen atoms in total. The maximum absolute atomic E-state index is 4.76. The van der Waals surface area contributed by atoms with Crippen molar-refractivity contribution in [3.05, 3.63) is 0 Å². The van der Waals surface area contributed by atoms with Crippen molar-refractivity contribution in [2.75, 3.05) is 26.2 Å². The van der Waals surface area contributed by atoms with Crippen LogP contribution < -0.4 is 0 Å². The fraction of sp³-hybridized carbons (Fsp3) is 0.800. The molecular weight excluding hydrogens is 436 g/mol. The predicted molar refractivity (Wildman–Crippen MR) is 100 cm³/mol. The second-order valence-electron chi connectivity index (χ2n) is 2.88. The number of rotatable bonds is 4. The van der Waals surface area contributed by atoms with Gasteiger partial charge in [0.15, 0.2) is 0 Å². The number of thiocarbonyl (C=S) groups is 2. The van der Waals surface area contributed by atoms with Gasteiger partial charge in [0.1, 0.15) is 0 Å². The zero-order chi connectivity index (χ0) is 13.1. The van der Waals surface area contributed by atoms with Crippen molar-refractivity contribution >= 4 is 85.3 Å². The molecule has 0 atom stereocenters. The topological polar surface area (TPSA) is 6.48 Å². The summed E-state index contributed by atoms with van der Waals surface area (Å²) in [4.78, 5) is 3.93. The fourth-order valence-electron chi connectivity index (χ4n) is 0.964. The van der Waals surface area contributed by atoms with Crippen LogP contribution in [-0.4, -0.2) is 44.6 Å². The van der Waals surface area contributed by atoms with Gasteiger partial charge in [-0.15, -0.1) is 0 Å². The van der Waals surface area contributed by atoms with Crippen molar-refractivity contribution in [1.82, 2.24) is 9.80 Å². The molecule has 0 saturated heterocycles. The van der Waals surface area contributed by atoms with Crippen LogP contribution >= 0.6 is 24.4 Å². The van der Waals surface area contributed by atoms with Crippen LogP contribution in [0.4, 0.5) is 0 Å². The number of hydrogen-bond acceptors (Lipinski definition) is 4. The third kappa shape index (κ3) is 19.6. The molecule has 0 rings (SSSR count). The normalized spacial score (nSPS) is 7.37. The SMILES string of the molecule is CCN(CC)C(=S)[S-].CCN(CC)C(=S)[S-].[Mo].[S-2].[S-2]. The fourth-order valence-corrected chi connectivity index (χ4v) is 2.00. The maximum atomic E-state index is 4.76. The molecule has 0 saturated carbocycles. The van der Waals surface area contributed by atoms with E-state index in [1.54, 1.807) is 0 Å². The average molecular weight is 457 g/mol. The van der Waals surface area contributed by atoms with Gasteiger partial charge in [0, 0.05) is 47.2 Å². The molecule has 0 heterocycles. The monoisotopic (exact) mass is 458 g/mol. The quantitative estimate of drug-likeness (QED) is 0.361. The smallest absolute Gasteiger partial charge is 0.0133 e. The minimum Gasteiger partial charge on any atom is -2.00 e. The molecule has 0 fully saturated rings. The standard InChI is InChI=1S/2C5H11NS2.Mo.2S/c2*1-3-6(4-2)5(7)8;;;/h2*3-4H2,1-2H3,(H,7,8);;;/q;;;2*-2/p-2. The molecule has 0 amide bonds. The van der Waals surface area contributed by atoms with E-state index in [-0.39, 0.29) is 48.1 Å². The van der Waals surface area contributed by atoms with E-state index in [4.69, 9.17) is 49.7 Å². The largest absolute Gasteiger partial charge is 2.00 e. The van der Waals surface area contributed by atoms with E-state index in [0.717, 1.165) is 26.2 Å². The van der Waals surface area contributed by atoms with Gasteiger partial charge in [-0.3, -0.25) is 0 Å². The molecule has 9 heteroatoms. The van der Waals surface area contributed by atoms with E-state index < -0.39 is 0 Å². The van der Waals surface area contributed by atoms with Crippen LogP contribution in [0.15, 0.2) is 0 Å². The van der Waals surface area contributed by atoms with Crippen molar-refractivity contribution < 1.29 is 21.1 Å². The maximum Gasteiger partial charge on any atom is 0.0133 e. The van der Waals surface area contributed by atoms with Crippen LogP contribution in [-0.2, 0) is 73.3 Å². The summed E-state index contributed by atoms with van der Waals surface area (Å²) in [5.41, 5.74) is 0. The van der Waals surface area contributed by atoms with E-state index in [2.05, 4.69) is 0 Å². The zero-order valence-electron chi connectivity index (χ0n) is 11.6. The first-order valence-corrected chi connectivity index (χ1v) is 6.99. The molecule has 0 N–H and O–H groups in total. The van der Waals surface area contributed by atoms with Crippen LogP contribution in [0.5, 0.6) is 0 Å². The minimum atomic E-state index is 0. The van der Waals surface area contributed by atoms with Gasteiger partial charge >= 0.3 is 0 Å². The Kier molecular flexibility index (Phi) is 37.5. The van der Waals surface area contributed by atoms with E-state index in [9.17, 15) is 0 Å². The number of hydrogen-bond donors (Lipinski definition) is 0. The van der Waals surface area contributed by atoms with Crippen LogP contribution in [0.25, 0.3) is 0 Å². The molecule has 0 aliphatic heterocycles. The molecular formula is C10H20MoN2S6-6. The second kappa shape index (κ2) is 21.9. The van der Waals surface area contributed by atoms with Crippen LogP contribution in [0.3, 0.4) is 0 Å². The average Bonchev–Trinajstić information content (AvgIpc) is 2.21. The molecule has 0 aromatic rings. The molecule has 19 heavy (non-hydrogen) atoms. The van der Waals surface area contributed by atoms with Gasteiger partial charge in [-0.1, -0.05) is 8.64 Å². The third-order valence-corrected chi connectivity index (χ3v) is 3.08. The molecule has 0 aromatic carbocycles. The van der Waals surface area contributed by atoms with Gasteiger partial charge in [-0.25, -0.2) is 0 Å². The van der Waals surface area contributed by atoms with Crippen LogP contribution in [0.2, 0.25) is 0 Å². The summed E-state index contributed by atoms with van der Waals surface area (Å²) >= 11 is 19.0. The molecule has 0 bridgehead atoms. The van der Waals surface area contributed by atoms with Gasteiger partial charge in [-0.2, -0.15) is 0 Å².